The lowest BCUT2D eigenvalue weighted by atomic mass is 10.1. The molecule has 4 nitrogen and oxygen atoms in total. The minimum Gasteiger partial charge on any atom is -0.308 e. The van der Waals surface area contributed by atoms with E-state index in [4.69, 9.17) is 0 Å². The SMILES string of the molecule is CC(C)(C)NCc1ccc(Cn2cccn2)nc1. The van der Waals surface area contributed by atoms with Crippen LogP contribution in [0, 0.1) is 0 Å². The Bertz CT molecular complexity index is 465. The number of nitrogens with zero attached hydrogens (tertiary/aromatic N) is 3. The predicted molar refractivity (Wildman–Crippen MR) is 72.2 cm³/mol. The fourth-order valence-corrected chi connectivity index (χ4v) is 1.58. The van der Waals surface area contributed by atoms with Gasteiger partial charge in [-0.1, -0.05) is 6.07 Å². The second-order valence-corrected chi connectivity index (χ2v) is 5.46. The highest BCUT2D eigenvalue weighted by Crippen LogP contribution is 2.05. The van der Waals surface area contributed by atoms with Gasteiger partial charge in [-0.05, 0) is 38.5 Å². The third-order valence-electron chi connectivity index (χ3n) is 2.59. The molecule has 0 unspecified atom stereocenters. The first-order valence-corrected chi connectivity index (χ1v) is 6.19. The van der Waals surface area contributed by atoms with Gasteiger partial charge >= 0.3 is 0 Å². The van der Waals surface area contributed by atoms with Crippen LogP contribution in [0.1, 0.15) is 32.0 Å². The van der Waals surface area contributed by atoms with Gasteiger partial charge in [0.25, 0.3) is 0 Å². The molecule has 2 aromatic heterocycles. The molecule has 0 saturated carbocycles. The van der Waals surface area contributed by atoms with Gasteiger partial charge in [0.1, 0.15) is 0 Å². The van der Waals surface area contributed by atoms with E-state index in [0.717, 1.165) is 18.8 Å². The van der Waals surface area contributed by atoms with Crippen LogP contribution in [0.25, 0.3) is 0 Å². The Morgan fingerprint density at radius 2 is 2.11 bits per heavy atom. The second kappa shape index (κ2) is 5.31. The average Bonchev–Trinajstić information content (AvgIpc) is 2.80. The summed E-state index contributed by atoms with van der Waals surface area (Å²) >= 11 is 0. The summed E-state index contributed by atoms with van der Waals surface area (Å²) in [6, 6.07) is 6.09. The summed E-state index contributed by atoms with van der Waals surface area (Å²) in [4.78, 5) is 4.45. The minimum absolute atomic E-state index is 0.133. The van der Waals surface area contributed by atoms with Gasteiger partial charge in [-0.2, -0.15) is 5.10 Å². The fraction of sp³-hybridized carbons (Fsp3) is 0.429. The van der Waals surface area contributed by atoms with Gasteiger partial charge in [-0.25, -0.2) is 0 Å². The zero-order valence-corrected chi connectivity index (χ0v) is 11.2. The zero-order chi connectivity index (χ0) is 13.0. The van der Waals surface area contributed by atoms with Crippen molar-refractivity contribution in [1.29, 1.82) is 0 Å². The Kier molecular flexibility index (Phi) is 3.77. The molecule has 0 aliphatic rings. The lowest BCUT2D eigenvalue weighted by Gasteiger charge is -2.20. The number of hydrogen-bond acceptors (Lipinski definition) is 3. The molecule has 0 fully saturated rings. The van der Waals surface area contributed by atoms with E-state index in [1.165, 1.54) is 5.56 Å². The summed E-state index contributed by atoms with van der Waals surface area (Å²) in [5, 5.41) is 7.61. The first-order chi connectivity index (χ1) is 8.53. The van der Waals surface area contributed by atoms with Gasteiger partial charge in [-0.15, -0.1) is 0 Å². The number of rotatable bonds is 4. The van der Waals surface area contributed by atoms with Crippen LogP contribution in [0.2, 0.25) is 0 Å². The first-order valence-electron chi connectivity index (χ1n) is 6.19. The lowest BCUT2D eigenvalue weighted by Crippen LogP contribution is -2.35. The van der Waals surface area contributed by atoms with Crippen LogP contribution in [0.5, 0.6) is 0 Å². The maximum absolute atomic E-state index is 4.45. The summed E-state index contributed by atoms with van der Waals surface area (Å²) in [5.41, 5.74) is 2.36. The Morgan fingerprint density at radius 3 is 2.67 bits per heavy atom. The van der Waals surface area contributed by atoms with Crippen molar-refractivity contribution in [3.63, 3.8) is 0 Å². The minimum atomic E-state index is 0.133. The maximum atomic E-state index is 4.45. The van der Waals surface area contributed by atoms with Crippen molar-refractivity contribution >= 4 is 0 Å². The largest absolute Gasteiger partial charge is 0.308 e. The molecule has 96 valence electrons. The van der Waals surface area contributed by atoms with Gasteiger partial charge in [0.05, 0.1) is 12.2 Å². The molecule has 1 N–H and O–H groups in total. The monoisotopic (exact) mass is 244 g/mol. The Labute approximate surface area is 108 Å². The molecule has 0 saturated heterocycles. The normalized spacial score (nSPS) is 11.7. The Balaban J connectivity index is 1.93. The molecule has 0 radical (unpaired) electrons. The van der Waals surface area contributed by atoms with E-state index in [2.05, 4.69) is 48.3 Å². The van der Waals surface area contributed by atoms with Crippen molar-refractivity contribution in [3.05, 3.63) is 48.0 Å². The quantitative estimate of drug-likeness (QED) is 0.896. The molecule has 0 amide bonds. The van der Waals surface area contributed by atoms with Crippen molar-refractivity contribution in [2.24, 2.45) is 0 Å². The van der Waals surface area contributed by atoms with Crippen LogP contribution in [-0.4, -0.2) is 20.3 Å². The predicted octanol–water partition coefficient (Wildman–Crippen LogP) is 2.21. The van der Waals surface area contributed by atoms with Crippen LogP contribution in [0.3, 0.4) is 0 Å². The van der Waals surface area contributed by atoms with Gasteiger partial charge < -0.3 is 5.32 Å². The number of nitrogens with one attached hydrogen (secondary N) is 1. The summed E-state index contributed by atoms with van der Waals surface area (Å²) in [5.74, 6) is 0. The first kappa shape index (κ1) is 12.8. The zero-order valence-electron chi connectivity index (χ0n) is 11.2. The van der Waals surface area contributed by atoms with E-state index in [-0.39, 0.29) is 5.54 Å². The summed E-state index contributed by atoms with van der Waals surface area (Å²) in [6.45, 7) is 8.05. The molecule has 0 spiro atoms. The summed E-state index contributed by atoms with van der Waals surface area (Å²) in [7, 11) is 0. The van der Waals surface area contributed by atoms with Crippen molar-refractivity contribution < 1.29 is 0 Å². The van der Waals surface area contributed by atoms with Gasteiger partial charge in [0.15, 0.2) is 0 Å². The molecule has 0 aliphatic heterocycles. The summed E-state index contributed by atoms with van der Waals surface area (Å²) in [6.07, 6.45) is 5.65. The highest BCUT2D eigenvalue weighted by molar-refractivity contribution is 5.14. The van der Waals surface area contributed by atoms with Gasteiger partial charge in [-0.3, -0.25) is 9.67 Å². The molecule has 0 aliphatic carbocycles. The second-order valence-electron chi connectivity index (χ2n) is 5.46. The molecule has 0 bridgehead atoms. The topological polar surface area (TPSA) is 42.7 Å². The molecule has 2 heterocycles. The Morgan fingerprint density at radius 1 is 1.28 bits per heavy atom. The van der Waals surface area contributed by atoms with Crippen LogP contribution in [-0.2, 0) is 13.1 Å². The molecule has 18 heavy (non-hydrogen) atoms. The third kappa shape index (κ3) is 3.96. The third-order valence-corrected chi connectivity index (χ3v) is 2.59. The van der Waals surface area contributed by atoms with E-state index in [0.29, 0.717) is 0 Å². The molecule has 4 heteroatoms. The standard InChI is InChI=1S/C14H20N4/c1-14(2,3)16-10-12-5-6-13(15-9-12)11-18-8-4-7-17-18/h4-9,16H,10-11H2,1-3H3. The number of aromatic nitrogens is 3. The molecular weight excluding hydrogens is 224 g/mol. The van der Waals surface area contributed by atoms with Crippen molar-refractivity contribution in [3.8, 4) is 0 Å². The molecule has 0 atom stereocenters. The van der Waals surface area contributed by atoms with E-state index < -0.39 is 0 Å². The molecule has 0 aromatic carbocycles. The van der Waals surface area contributed by atoms with E-state index >= 15 is 0 Å². The fourth-order valence-electron chi connectivity index (χ4n) is 1.58. The maximum Gasteiger partial charge on any atom is 0.0831 e. The molecule has 2 aromatic rings. The van der Waals surface area contributed by atoms with Crippen LogP contribution < -0.4 is 5.32 Å². The highest BCUT2D eigenvalue weighted by Gasteiger charge is 2.08. The van der Waals surface area contributed by atoms with E-state index in [9.17, 15) is 0 Å². The van der Waals surface area contributed by atoms with Gasteiger partial charge in [0.2, 0.25) is 0 Å². The van der Waals surface area contributed by atoms with Crippen molar-refractivity contribution in [1.82, 2.24) is 20.1 Å². The highest BCUT2D eigenvalue weighted by atomic mass is 15.3. The molecule has 2 rings (SSSR count). The van der Waals surface area contributed by atoms with E-state index in [1.54, 1.807) is 6.20 Å². The number of hydrogen-bond donors (Lipinski definition) is 1. The van der Waals surface area contributed by atoms with Crippen LogP contribution in [0.15, 0.2) is 36.8 Å². The van der Waals surface area contributed by atoms with E-state index in [1.807, 2.05) is 23.1 Å². The van der Waals surface area contributed by atoms with Gasteiger partial charge in [0, 0.05) is 30.7 Å². The Hall–Kier alpha value is -1.68. The van der Waals surface area contributed by atoms with Crippen molar-refractivity contribution in [2.45, 2.75) is 39.4 Å². The summed E-state index contributed by atoms with van der Waals surface area (Å²) < 4.78 is 1.87. The van der Waals surface area contributed by atoms with Crippen molar-refractivity contribution in [2.75, 3.05) is 0 Å². The molecular formula is C14H20N4. The average molecular weight is 244 g/mol. The smallest absolute Gasteiger partial charge is 0.0831 e. The van der Waals surface area contributed by atoms with Crippen LogP contribution >= 0.6 is 0 Å². The number of pyridine rings is 1. The van der Waals surface area contributed by atoms with Crippen LogP contribution in [0.4, 0.5) is 0 Å². The lowest BCUT2D eigenvalue weighted by molar-refractivity contribution is 0.424.